The molecule has 29 heavy (non-hydrogen) atoms. The van der Waals surface area contributed by atoms with Crippen LogP contribution in [-0.4, -0.2) is 18.0 Å². The van der Waals surface area contributed by atoms with Crippen LogP contribution < -0.4 is 14.4 Å². The van der Waals surface area contributed by atoms with Crippen LogP contribution in [0.25, 0.3) is 0 Å². The number of hydrogen-bond acceptors (Lipinski definition) is 4. The van der Waals surface area contributed by atoms with Gasteiger partial charge in [0, 0.05) is 12.5 Å². The fourth-order valence-electron chi connectivity index (χ4n) is 3.00. The van der Waals surface area contributed by atoms with E-state index < -0.39 is 5.95 Å². The van der Waals surface area contributed by atoms with E-state index in [0.717, 1.165) is 16.7 Å². The molecule has 1 aromatic heterocycles. The van der Waals surface area contributed by atoms with E-state index in [-0.39, 0.29) is 18.3 Å². The second-order valence-corrected chi connectivity index (χ2v) is 6.68. The average Bonchev–Trinajstić information content (AvgIpc) is 2.70. The van der Waals surface area contributed by atoms with Crippen molar-refractivity contribution in [3.05, 3.63) is 77.2 Å². The zero-order chi connectivity index (χ0) is 21.0. The summed E-state index contributed by atoms with van der Waals surface area (Å²) < 4.78 is 25.3. The van der Waals surface area contributed by atoms with Gasteiger partial charge in [-0.2, -0.15) is 9.37 Å². The van der Waals surface area contributed by atoms with Crippen molar-refractivity contribution < 1.29 is 18.7 Å². The van der Waals surface area contributed by atoms with Crippen LogP contribution >= 0.6 is 0 Å². The van der Waals surface area contributed by atoms with E-state index >= 15 is 0 Å². The number of amides is 1. The third-order valence-electron chi connectivity index (χ3n) is 4.76. The highest BCUT2D eigenvalue weighted by Gasteiger charge is 2.21. The number of nitrogens with zero attached hydrogens (tertiary/aromatic N) is 2. The minimum Gasteiger partial charge on any atom is -0.496 e. The smallest absolute Gasteiger partial charge is 0.246 e. The molecule has 0 aliphatic rings. The van der Waals surface area contributed by atoms with E-state index in [4.69, 9.17) is 9.47 Å². The number of benzene rings is 2. The maximum Gasteiger partial charge on any atom is 0.246 e. The number of halogens is 1. The highest BCUT2D eigenvalue weighted by atomic mass is 19.1. The van der Waals surface area contributed by atoms with E-state index in [9.17, 15) is 9.18 Å². The lowest BCUT2D eigenvalue weighted by Gasteiger charge is -2.24. The molecular formula is C23H23FN2O3. The monoisotopic (exact) mass is 394 g/mol. The SMILES string of the molecule is COc1ccccc1CN(C(C)=O)c1ccc(F)nc1Oc1cccc(C)c1C. The molecule has 0 saturated carbocycles. The molecule has 0 spiro atoms. The van der Waals surface area contributed by atoms with Gasteiger partial charge in [0.25, 0.3) is 0 Å². The predicted molar refractivity (Wildman–Crippen MR) is 110 cm³/mol. The summed E-state index contributed by atoms with van der Waals surface area (Å²) in [4.78, 5) is 17.9. The fourth-order valence-corrected chi connectivity index (χ4v) is 3.00. The van der Waals surface area contributed by atoms with Crippen molar-refractivity contribution >= 4 is 11.6 Å². The third kappa shape index (κ3) is 4.54. The molecule has 0 bridgehead atoms. The number of ether oxygens (including phenoxy) is 2. The molecule has 0 unspecified atom stereocenters. The molecule has 0 N–H and O–H groups in total. The van der Waals surface area contributed by atoms with Crippen molar-refractivity contribution in [2.75, 3.05) is 12.0 Å². The largest absolute Gasteiger partial charge is 0.496 e. The van der Waals surface area contributed by atoms with Gasteiger partial charge >= 0.3 is 0 Å². The van der Waals surface area contributed by atoms with Gasteiger partial charge in [0.1, 0.15) is 17.2 Å². The van der Waals surface area contributed by atoms with E-state index in [2.05, 4.69) is 4.98 Å². The lowest BCUT2D eigenvalue weighted by molar-refractivity contribution is -0.116. The number of aryl methyl sites for hydroxylation is 1. The number of aromatic nitrogens is 1. The van der Waals surface area contributed by atoms with E-state index in [1.54, 1.807) is 13.2 Å². The second-order valence-electron chi connectivity index (χ2n) is 6.68. The maximum absolute atomic E-state index is 13.9. The Morgan fingerprint density at radius 3 is 2.48 bits per heavy atom. The number of hydrogen-bond donors (Lipinski definition) is 0. The molecule has 0 atom stereocenters. The summed E-state index contributed by atoms with van der Waals surface area (Å²) >= 11 is 0. The standard InChI is InChI=1S/C23H23FN2O3/c1-15-8-7-11-20(16(15)2)29-23-19(12-13-22(24)25-23)26(17(3)27)14-18-9-5-6-10-21(18)28-4/h5-13H,14H2,1-4H3. The first-order valence-electron chi connectivity index (χ1n) is 9.21. The fraction of sp³-hybridized carbons (Fsp3) is 0.217. The highest BCUT2D eigenvalue weighted by molar-refractivity contribution is 5.92. The van der Waals surface area contributed by atoms with Gasteiger partial charge in [-0.05, 0) is 49.2 Å². The van der Waals surface area contributed by atoms with Crippen LogP contribution in [0.4, 0.5) is 10.1 Å². The molecule has 1 amide bonds. The number of para-hydroxylation sites is 1. The first kappa shape index (κ1) is 20.3. The molecule has 5 nitrogen and oxygen atoms in total. The minimum absolute atomic E-state index is 0.0313. The van der Waals surface area contributed by atoms with Gasteiger partial charge in [-0.3, -0.25) is 4.79 Å². The quantitative estimate of drug-likeness (QED) is 0.540. The Balaban J connectivity index is 2.03. The molecule has 2 aromatic carbocycles. The van der Waals surface area contributed by atoms with Gasteiger partial charge in [0.15, 0.2) is 0 Å². The van der Waals surface area contributed by atoms with Crippen LogP contribution in [0.5, 0.6) is 17.4 Å². The number of carbonyl (C=O) groups is 1. The Kier molecular flexibility index (Phi) is 6.12. The molecular weight excluding hydrogens is 371 g/mol. The Morgan fingerprint density at radius 1 is 1.03 bits per heavy atom. The molecule has 3 rings (SSSR count). The molecule has 0 aliphatic carbocycles. The summed E-state index contributed by atoms with van der Waals surface area (Å²) in [6.07, 6.45) is 0. The molecule has 3 aromatic rings. The number of anilines is 1. The van der Waals surface area contributed by atoms with E-state index in [1.165, 1.54) is 24.0 Å². The van der Waals surface area contributed by atoms with Crippen LogP contribution in [0.2, 0.25) is 0 Å². The van der Waals surface area contributed by atoms with Crippen molar-refractivity contribution in [1.82, 2.24) is 4.98 Å². The maximum atomic E-state index is 13.9. The zero-order valence-electron chi connectivity index (χ0n) is 16.9. The zero-order valence-corrected chi connectivity index (χ0v) is 16.9. The first-order valence-corrected chi connectivity index (χ1v) is 9.21. The molecule has 0 saturated heterocycles. The van der Waals surface area contributed by atoms with E-state index in [1.807, 2.05) is 50.2 Å². The Labute approximate surface area is 169 Å². The van der Waals surface area contributed by atoms with Gasteiger partial charge in [-0.25, -0.2) is 0 Å². The summed E-state index contributed by atoms with van der Waals surface area (Å²) in [7, 11) is 1.57. The molecule has 150 valence electrons. The lowest BCUT2D eigenvalue weighted by Crippen LogP contribution is -2.28. The Bertz CT molecular complexity index is 1040. The summed E-state index contributed by atoms with van der Waals surface area (Å²) in [6, 6.07) is 15.7. The molecule has 1 heterocycles. The Morgan fingerprint density at radius 2 is 1.76 bits per heavy atom. The van der Waals surface area contributed by atoms with Crippen LogP contribution in [0, 0.1) is 19.8 Å². The summed E-state index contributed by atoms with van der Waals surface area (Å²) in [6.45, 7) is 5.56. The second kappa shape index (κ2) is 8.73. The van der Waals surface area contributed by atoms with Crippen LogP contribution in [0.15, 0.2) is 54.6 Å². The topological polar surface area (TPSA) is 51.7 Å². The van der Waals surface area contributed by atoms with Crippen molar-refractivity contribution in [3.63, 3.8) is 0 Å². The Hall–Kier alpha value is -3.41. The minimum atomic E-state index is -0.685. The summed E-state index contributed by atoms with van der Waals surface area (Å²) in [5.41, 5.74) is 3.15. The van der Waals surface area contributed by atoms with Crippen molar-refractivity contribution in [1.29, 1.82) is 0 Å². The number of methoxy groups -OCH3 is 1. The lowest BCUT2D eigenvalue weighted by atomic mass is 10.1. The summed E-state index contributed by atoms with van der Waals surface area (Å²) in [5.74, 6) is 0.338. The number of carbonyl (C=O) groups excluding carboxylic acids is 1. The van der Waals surface area contributed by atoms with Crippen LogP contribution in [-0.2, 0) is 11.3 Å². The predicted octanol–water partition coefficient (Wildman–Crippen LogP) is 5.19. The van der Waals surface area contributed by atoms with Gasteiger partial charge in [-0.15, -0.1) is 0 Å². The number of pyridine rings is 1. The van der Waals surface area contributed by atoms with Gasteiger partial charge in [-0.1, -0.05) is 30.3 Å². The highest BCUT2D eigenvalue weighted by Crippen LogP contribution is 2.34. The van der Waals surface area contributed by atoms with Crippen molar-refractivity contribution in [2.45, 2.75) is 27.3 Å². The first-order chi connectivity index (χ1) is 13.9. The van der Waals surface area contributed by atoms with Gasteiger partial charge in [0.05, 0.1) is 13.7 Å². The van der Waals surface area contributed by atoms with Crippen molar-refractivity contribution in [2.24, 2.45) is 0 Å². The molecule has 0 aliphatic heterocycles. The third-order valence-corrected chi connectivity index (χ3v) is 4.76. The van der Waals surface area contributed by atoms with Gasteiger partial charge < -0.3 is 14.4 Å². The van der Waals surface area contributed by atoms with E-state index in [0.29, 0.717) is 17.2 Å². The van der Waals surface area contributed by atoms with Gasteiger partial charge in [0.2, 0.25) is 17.7 Å². The summed E-state index contributed by atoms with van der Waals surface area (Å²) in [5, 5.41) is 0. The molecule has 0 radical (unpaired) electrons. The van der Waals surface area contributed by atoms with Crippen molar-refractivity contribution in [3.8, 4) is 17.4 Å². The van der Waals surface area contributed by atoms with Crippen LogP contribution in [0.1, 0.15) is 23.6 Å². The normalized spacial score (nSPS) is 10.5. The molecule has 0 fully saturated rings. The number of rotatable bonds is 6. The average molecular weight is 394 g/mol. The van der Waals surface area contributed by atoms with Crippen LogP contribution in [0.3, 0.4) is 0 Å². The molecule has 6 heteroatoms.